The first kappa shape index (κ1) is 27.4. The van der Waals surface area contributed by atoms with Crippen molar-refractivity contribution in [3.8, 4) is 5.75 Å². The number of amides is 2. The molecule has 4 heterocycles. The van der Waals surface area contributed by atoms with Gasteiger partial charge in [-0.1, -0.05) is 19.9 Å². The molecular weight excluding hydrogens is 518 g/mol. The molecular formula is C29H32F2N6O3. The quantitative estimate of drug-likeness (QED) is 0.388. The molecule has 0 bridgehead atoms. The van der Waals surface area contributed by atoms with Gasteiger partial charge >= 0.3 is 0 Å². The Hall–Kier alpha value is -4.15. The van der Waals surface area contributed by atoms with Gasteiger partial charge in [0.1, 0.15) is 0 Å². The number of nitrogens with one attached hydrogen (secondary N) is 1. The maximum atomic E-state index is 14.7. The van der Waals surface area contributed by atoms with Crippen LogP contribution in [0.5, 0.6) is 5.75 Å². The lowest BCUT2D eigenvalue weighted by Crippen LogP contribution is -2.35. The standard InChI is InChI=1S/C29H32F2N6O3/c1-17(2)26-23(20-9-5-6-14-36(20)34-26)27-29(3,4)28(39)37(35-27)15-7-8-16-40-21-12-10-18(24(30)25(21)31)19-11-13-22(38)33-32-19/h5-6,9-10,12,14,17H,7-8,11,13,15-16H2,1-4H3,(H,33,38). The minimum absolute atomic E-state index is 0.000464. The zero-order chi connectivity index (χ0) is 28.6. The van der Waals surface area contributed by atoms with Crippen LogP contribution in [0.1, 0.15) is 76.1 Å². The number of carbonyl (C=O) groups is 2. The molecule has 0 atom stereocenters. The molecule has 9 nitrogen and oxygen atoms in total. The summed E-state index contributed by atoms with van der Waals surface area (Å²) >= 11 is 0. The van der Waals surface area contributed by atoms with Gasteiger partial charge in [-0.2, -0.15) is 19.7 Å². The van der Waals surface area contributed by atoms with Crippen LogP contribution in [0, 0.1) is 17.0 Å². The molecule has 0 aliphatic carbocycles. The second kappa shape index (κ2) is 10.8. The molecule has 0 unspecified atom stereocenters. The number of ether oxygens (including phenoxy) is 1. The fourth-order valence-corrected chi connectivity index (χ4v) is 4.97. The number of benzene rings is 1. The van der Waals surface area contributed by atoms with Gasteiger partial charge in [0, 0.05) is 36.7 Å². The number of halogens is 2. The van der Waals surface area contributed by atoms with Crippen molar-refractivity contribution in [2.75, 3.05) is 13.2 Å². The molecule has 0 saturated carbocycles. The van der Waals surface area contributed by atoms with Crippen LogP contribution in [0.15, 0.2) is 46.7 Å². The van der Waals surface area contributed by atoms with Crippen molar-refractivity contribution in [3.05, 3.63) is 65.0 Å². The molecule has 2 amide bonds. The van der Waals surface area contributed by atoms with Crippen molar-refractivity contribution < 1.29 is 23.1 Å². The minimum atomic E-state index is -1.10. The molecule has 210 valence electrons. The Bertz CT molecular complexity index is 1540. The van der Waals surface area contributed by atoms with E-state index in [0.717, 1.165) is 16.8 Å². The normalized spacial score (nSPS) is 16.9. The molecule has 0 fully saturated rings. The van der Waals surface area contributed by atoms with Crippen molar-refractivity contribution in [1.82, 2.24) is 20.0 Å². The first-order valence-corrected chi connectivity index (χ1v) is 13.4. The van der Waals surface area contributed by atoms with E-state index in [-0.39, 0.29) is 54.2 Å². The van der Waals surface area contributed by atoms with E-state index in [1.54, 1.807) is 0 Å². The van der Waals surface area contributed by atoms with Crippen LogP contribution in [0.2, 0.25) is 0 Å². The number of fused-ring (bicyclic) bond motifs is 1. The van der Waals surface area contributed by atoms with Gasteiger partial charge in [-0.25, -0.2) is 19.3 Å². The number of hydrazone groups is 2. The predicted molar refractivity (Wildman–Crippen MR) is 146 cm³/mol. The average molecular weight is 551 g/mol. The van der Waals surface area contributed by atoms with E-state index in [0.29, 0.717) is 25.1 Å². The molecule has 3 aromatic rings. The molecule has 1 N–H and O–H groups in total. The Labute approximate surface area is 230 Å². The van der Waals surface area contributed by atoms with Crippen molar-refractivity contribution >= 4 is 28.8 Å². The van der Waals surface area contributed by atoms with E-state index < -0.39 is 17.0 Å². The Morgan fingerprint density at radius 3 is 2.60 bits per heavy atom. The fourth-order valence-electron chi connectivity index (χ4n) is 4.97. The van der Waals surface area contributed by atoms with Gasteiger partial charge in [-0.05, 0) is 56.9 Å². The Morgan fingerprint density at radius 2 is 1.88 bits per heavy atom. The van der Waals surface area contributed by atoms with Crippen molar-refractivity contribution in [1.29, 1.82) is 0 Å². The highest BCUT2D eigenvalue weighted by atomic mass is 19.2. The second-order valence-corrected chi connectivity index (χ2v) is 10.8. The number of unbranched alkanes of at least 4 members (excludes halogenated alkanes) is 1. The number of pyridine rings is 1. The summed E-state index contributed by atoms with van der Waals surface area (Å²) in [6, 6.07) is 8.59. The van der Waals surface area contributed by atoms with Gasteiger partial charge in [0.2, 0.25) is 11.7 Å². The van der Waals surface area contributed by atoms with Gasteiger partial charge < -0.3 is 4.74 Å². The largest absolute Gasteiger partial charge is 0.490 e. The maximum absolute atomic E-state index is 14.7. The second-order valence-electron chi connectivity index (χ2n) is 10.8. The fraction of sp³-hybridized carbons (Fsp3) is 0.414. The van der Waals surface area contributed by atoms with E-state index in [1.807, 2.05) is 42.8 Å². The van der Waals surface area contributed by atoms with Crippen LogP contribution >= 0.6 is 0 Å². The summed E-state index contributed by atoms with van der Waals surface area (Å²) in [6.07, 6.45) is 3.35. The highest BCUT2D eigenvalue weighted by Gasteiger charge is 2.45. The Kier molecular flexibility index (Phi) is 7.39. The predicted octanol–water partition coefficient (Wildman–Crippen LogP) is 4.78. The molecule has 11 heteroatoms. The first-order valence-electron chi connectivity index (χ1n) is 13.4. The molecule has 2 aliphatic rings. The van der Waals surface area contributed by atoms with Gasteiger partial charge in [0.25, 0.3) is 5.91 Å². The van der Waals surface area contributed by atoms with Crippen LogP contribution in [-0.4, -0.2) is 51.0 Å². The molecule has 0 radical (unpaired) electrons. The van der Waals surface area contributed by atoms with Gasteiger partial charge in [0.05, 0.1) is 34.7 Å². The van der Waals surface area contributed by atoms with Crippen LogP contribution in [0.4, 0.5) is 8.78 Å². The third kappa shape index (κ3) is 4.96. The van der Waals surface area contributed by atoms with Gasteiger partial charge in [-0.15, -0.1) is 0 Å². The molecule has 2 aromatic heterocycles. The lowest BCUT2D eigenvalue weighted by Gasteiger charge is -2.20. The van der Waals surface area contributed by atoms with E-state index in [9.17, 15) is 18.4 Å². The highest BCUT2D eigenvalue weighted by molar-refractivity contribution is 6.22. The number of aromatic nitrogens is 2. The van der Waals surface area contributed by atoms with E-state index in [2.05, 4.69) is 24.4 Å². The molecule has 2 aliphatic heterocycles. The summed E-state index contributed by atoms with van der Waals surface area (Å²) in [5.74, 6) is -2.58. The monoisotopic (exact) mass is 550 g/mol. The van der Waals surface area contributed by atoms with Gasteiger partial charge in [0.15, 0.2) is 11.6 Å². The number of hydrogen-bond donors (Lipinski definition) is 1. The Balaban J connectivity index is 1.23. The van der Waals surface area contributed by atoms with Crippen LogP contribution in [0.25, 0.3) is 5.52 Å². The van der Waals surface area contributed by atoms with Crippen LogP contribution < -0.4 is 10.2 Å². The molecule has 0 spiro atoms. The molecule has 1 aromatic carbocycles. The Morgan fingerprint density at radius 1 is 1.07 bits per heavy atom. The number of hydrogen-bond acceptors (Lipinski definition) is 6. The molecule has 5 rings (SSSR count). The van der Waals surface area contributed by atoms with Crippen molar-refractivity contribution in [2.24, 2.45) is 15.6 Å². The van der Waals surface area contributed by atoms with E-state index in [1.165, 1.54) is 17.1 Å². The average Bonchev–Trinajstić information content (AvgIpc) is 3.42. The lowest BCUT2D eigenvalue weighted by molar-refractivity contribution is -0.135. The lowest BCUT2D eigenvalue weighted by atomic mass is 9.82. The van der Waals surface area contributed by atoms with Crippen molar-refractivity contribution in [3.63, 3.8) is 0 Å². The first-order chi connectivity index (χ1) is 19.1. The summed E-state index contributed by atoms with van der Waals surface area (Å²) in [5.41, 5.74) is 5.12. The zero-order valence-corrected chi connectivity index (χ0v) is 23.0. The third-order valence-corrected chi connectivity index (χ3v) is 7.22. The minimum Gasteiger partial charge on any atom is -0.490 e. The summed E-state index contributed by atoms with van der Waals surface area (Å²) in [7, 11) is 0. The molecule has 0 saturated heterocycles. The number of rotatable bonds is 9. The van der Waals surface area contributed by atoms with Crippen LogP contribution in [-0.2, 0) is 9.59 Å². The van der Waals surface area contributed by atoms with Crippen molar-refractivity contribution in [2.45, 2.75) is 59.3 Å². The highest BCUT2D eigenvalue weighted by Crippen LogP contribution is 2.36. The number of nitrogens with zero attached hydrogens (tertiary/aromatic N) is 5. The third-order valence-electron chi connectivity index (χ3n) is 7.22. The van der Waals surface area contributed by atoms with Gasteiger partial charge in [-0.3, -0.25) is 9.59 Å². The molecule has 40 heavy (non-hydrogen) atoms. The SMILES string of the molecule is CC(C)c1nn2ccccc2c1C1=NN(CCCCOc2ccc(C3=NNC(=O)CC3)c(F)c2F)C(=O)C1(C)C. The maximum Gasteiger partial charge on any atom is 0.254 e. The summed E-state index contributed by atoms with van der Waals surface area (Å²) in [5, 5.41) is 14.8. The summed E-state index contributed by atoms with van der Waals surface area (Å²) in [4.78, 5) is 24.6. The van der Waals surface area contributed by atoms with E-state index >= 15 is 0 Å². The van der Waals surface area contributed by atoms with Crippen LogP contribution in [0.3, 0.4) is 0 Å². The topological polar surface area (TPSA) is 101 Å². The zero-order valence-electron chi connectivity index (χ0n) is 23.0. The summed E-state index contributed by atoms with van der Waals surface area (Å²) in [6.45, 7) is 8.40. The van der Waals surface area contributed by atoms with E-state index in [4.69, 9.17) is 14.9 Å². The number of carbonyl (C=O) groups excluding carboxylic acids is 2. The summed E-state index contributed by atoms with van der Waals surface area (Å²) < 4.78 is 36.6. The smallest absolute Gasteiger partial charge is 0.254 e.